The molecule has 0 saturated carbocycles. The summed E-state index contributed by atoms with van der Waals surface area (Å²) in [4.78, 5) is 40.8. The van der Waals surface area contributed by atoms with E-state index < -0.39 is 6.04 Å². The number of hydrogen-bond donors (Lipinski definition) is 2. The third-order valence-corrected chi connectivity index (χ3v) is 7.24. The number of aliphatic hydroxyl groups excluding tert-OH is 1. The summed E-state index contributed by atoms with van der Waals surface area (Å²) in [7, 11) is 2.52. The number of nitrogens with one attached hydrogen (secondary N) is 1. The zero-order valence-electron chi connectivity index (χ0n) is 22.3. The van der Waals surface area contributed by atoms with E-state index in [0.717, 1.165) is 48.4 Å². The molecule has 2 N–H and O–H groups in total. The van der Waals surface area contributed by atoms with Crippen molar-refractivity contribution >= 4 is 34.6 Å². The summed E-state index contributed by atoms with van der Waals surface area (Å²) < 4.78 is 20.5. The molecule has 9 heteroatoms. The van der Waals surface area contributed by atoms with Gasteiger partial charge in [0.2, 0.25) is 5.91 Å². The Morgan fingerprint density at radius 1 is 1.13 bits per heavy atom. The number of anilines is 1. The third-order valence-electron chi connectivity index (χ3n) is 7.24. The second-order valence-corrected chi connectivity index (χ2v) is 9.51. The maximum atomic E-state index is 15.2. The lowest BCUT2D eigenvalue weighted by molar-refractivity contribution is -0.122. The fourth-order valence-corrected chi connectivity index (χ4v) is 5.36. The highest BCUT2D eigenvalue weighted by atomic mass is 19.1. The van der Waals surface area contributed by atoms with E-state index in [-0.39, 0.29) is 30.5 Å². The summed E-state index contributed by atoms with van der Waals surface area (Å²) in [5, 5.41) is 11.2. The van der Waals surface area contributed by atoms with Crippen molar-refractivity contribution in [2.24, 2.45) is 0 Å². The smallest absolute Gasteiger partial charge is 0.259 e. The van der Waals surface area contributed by atoms with Crippen LogP contribution in [0.4, 0.5) is 10.1 Å². The van der Waals surface area contributed by atoms with E-state index in [0.29, 0.717) is 43.0 Å². The van der Waals surface area contributed by atoms with E-state index in [4.69, 9.17) is 9.84 Å². The van der Waals surface area contributed by atoms with E-state index in [1.54, 1.807) is 12.1 Å². The maximum absolute atomic E-state index is 15.2. The standard InChI is InChI=1S/C29H30FN3O4.CH4O/c1-31-28(35)26(6-3-13-34)33-25-10-9-20(22-4-2-5-23(27(22)25)29(33)36)17-21-8-7-19(16-24(21)30)18-32-11-14-37-15-12-32;1-2/h2,4-5,7-10,13,16,26H,3,6,11-12,14-15,17-18H2,1H3,(H,31,35);2H,1H3. The molecule has 0 aliphatic carbocycles. The number of nitrogens with zero attached hydrogens (tertiary/aromatic N) is 2. The number of amides is 2. The largest absolute Gasteiger partial charge is 0.400 e. The van der Waals surface area contributed by atoms with Crippen molar-refractivity contribution in [2.45, 2.75) is 31.8 Å². The third kappa shape index (κ3) is 5.85. The number of ether oxygens (including phenoxy) is 1. The first-order valence-corrected chi connectivity index (χ1v) is 13.1. The number of hydrogen-bond acceptors (Lipinski definition) is 6. The van der Waals surface area contributed by atoms with Crippen LogP contribution in [-0.4, -0.2) is 74.6 Å². The Morgan fingerprint density at radius 3 is 2.56 bits per heavy atom. The minimum Gasteiger partial charge on any atom is -0.400 e. The number of aliphatic hydroxyl groups is 1. The Labute approximate surface area is 227 Å². The lowest BCUT2D eigenvalue weighted by atomic mass is 9.95. The summed E-state index contributed by atoms with van der Waals surface area (Å²) >= 11 is 0. The second kappa shape index (κ2) is 12.9. The minimum atomic E-state index is -0.791. The van der Waals surface area contributed by atoms with Crippen LogP contribution in [0, 0.1) is 5.82 Å². The number of morpholine rings is 1. The molecular formula is C30H34FN3O5. The monoisotopic (exact) mass is 535 g/mol. The Hall–Kier alpha value is -3.66. The highest BCUT2D eigenvalue weighted by Crippen LogP contribution is 2.41. The molecule has 1 unspecified atom stereocenters. The van der Waals surface area contributed by atoms with Gasteiger partial charge in [-0.2, -0.15) is 0 Å². The van der Waals surface area contributed by atoms with Crippen LogP contribution in [0.2, 0.25) is 0 Å². The van der Waals surface area contributed by atoms with Crippen molar-refractivity contribution in [3.05, 3.63) is 76.6 Å². The number of benzene rings is 3. The maximum Gasteiger partial charge on any atom is 0.259 e. The first-order valence-electron chi connectivity index (χ1n) is 13.1. The lowest BCUT2D eigenvalue weighted by Gasteiger charge is -2.27. The number of aldehydes is 1. The van der Waals surface area contributed by atoms with Gasteiger partial charge in [0, 0.05) is 57.6 Å². The molecule has 1 atom stereocenters. The normalized spacial score (nSPS) is 15.6. The Morgan fingerprint density at radius 2 is 1.87 bits per heavy atom. The van der Waals surface area contributed by atoms with Crippen molar-refractivity contribution in [3.8, 4) is 0 Å². The van der Waals surface area contributed by atoms with Gasteiger partial charge >= 0.3 is 0 Å². The van der Waals surface area contributed by atoms with Gasteiger partial charge in [0.25, 0.3) is 5.91 Å². The van der Waals surface area contributed by atoms with Gasteiger partial charge in [-0.25, -0.2) is 4.39 Å². The highest BCUT2D eigenvalue weighted by molar-refractivity contribution is 6.27. The summed E-state index contributed by atoms with van der Waals surface area (Å²) in [5.41, 5.74) is 3.57. The van der Waals surface area contributed by atoms with Crippen LogP contribution in [0.5, 0.6) is 0 Å². The molecule has 1 saturated heterocycles. The first kappa shape index (κ1) is 28.4. The average molecular weight is 536 g/mol. The Kier molecular flexibility index (Phi) is 9.40. The molecule has 2 amide bonds. The number of halogens is 1. The van der Waals surface area contributed by atoms with Crippen molar-refractivity contribution in [1.82, 2.24) is 10.2 Å². The van der Waals surface area contributed by atoms with Crippen molar-refractivity contribution in [3.63, 3.8) is 0 Å². The van der Waals surface area contributed by atoms with Crippen LogP contribution in [0.1, 0.15) is 39.9 Å². The van der Waals surface area contributed by atoms with Crippen molar-refractivity contribution < 1.29 is 28.6 Å². The zero-order chi connectivity index (χ0) is 27.9. The second-order valence-electron chi connectivity index (χ2n) is 9.51. The van der Waals surface area contributed by atoms with Crippen molar-refractivity contribution in [2.75, 3.05) is 45.4 Å². The summed E-state index contributed by atoms with van der Waals surface area (Å²) in [5.74, 6) is -0.837. The van der Waals surface area contributed by atoms with Crippen LogP contribution in [0.25, 0.3) is 10.8 Å². The van der Waals surface area contributed by atoms with Crippen molar-refractivity contribution in [1.29, 1.82) is 0 Å². The molecule has 3 aromatic rings. The quantitative estimate of drug-likeness (QED) is 0.409. The zero-order valence-corrected chi connectivity index (χ0v) is 22.3. The Bertz CT molecular complexity index is 1360. The fraction of sp³-hybridized carbons (Fsp3) is 0.367. The number of carbonyl (C=O) groups is 3. The fourth-order valence-electron chi connectivity index (χ4n) is 5.36. The topological polar surface area (TPSA) is 99.2 Å². The van der Waals surface area contributed by atoms with Gasteiger partial charge < -0.3 is 20.0 Å². The number of rotatable bonds is 9. The van der Waals surface area contributed by atoms with Gasteiger partial charge in [-0.3, -0.25) is 19.4 Å². The number of carbonyl (C=O) groups excluding carboxylic acids is 3. The van der Waals surface area contributed by atoms with Crippen LogP contribution in [0.15, 0.2) is 48.5 Å². The van der Waals surface area contributed by atoms with E-state index >= 15 is 4.39 Å². The average Bonchev–Trinajstić information content (AvgIpc) is 3.25. The Balaban J connectivity index is 0.00000172. The molecule has 0 aromatic heterocycles. The van der Waals surface area contributed by atoms with Gasteiger partial charge in [-0.05, 0) is 46.7 Å². The summed E-state index contributed by atoms with van der Waals surface area (Å²) in [6.07, 6.45) is 1.53. The first-order chi connectivity index (χ1) is 19.0. The molecule has 206 valence electrons. The van der Waals surface area contributed by atoms with E-state index in [2.05, 4.69) is 10.2 Å². The molecule has 8 nitrogen and oxygen atoms in total. The van der Waals surface area contributed by atoms with Gasteiger partial charge in [-0.15, -0.1) is 0 Å². The lowest BCUT2D eigenvalue weighted by Crippen LogP contribution is -2.47. The molecule has 3 aromatic carbocycles. The van der Waals surface area contributed by atoms with E-state index in [9.17, 15) is 14.4 Å². The SMILES string of the molecule is CNC(=O)C(CCC=O)N1C(=O)c2cccc3c(Cc4ccc(CN5CCOCC5)cc4F)ccc1c23.CO. The predicted octanol–water partition coefficient (Wildman–Crippen LogP) is 3.06. The molecule has 2 aliphatic rings. The number of likely N-dealkylation sites (N-methyl/N-ethyl adjacent to an activating group) is 1. The van der Waals surface area contributed by atoms with Gasteiger partial charge in [0.15, 0.2) is 0 Å². The molecule has 0 radical (unpaired) electrons. The van der Waals surface area contributed by atoms with Gasteiger partial charge in [0.1, 0.15) is 18.1 Å². The molecule has 1 fully saturated rings. The van der Waals surface area contributed by atoms with E-state index in [1.807, 2.05) is 36.4 Å². The van der Waals surface area contributed by atoms with Crippen LogP contribution in [0.3, 0.4) is 0 Å². The summed E-state index contributed by atoms with van der Waals surface area (Å²) in [6.45, 7) is 3.78. The predicted molar refractivity (Wildman–Crippen MR) is 147 cm³/mol. The molecule has 5 rings (SSSR count). The molecule has 39 heavy (non-hydrogen) atoms. The highest BCUT2D eigenvalue weighted by Gasteiger charge is 2.38. The molecule has 0 bridgehead atoms. The molecule has 2 aliphatic heterocycles. The van der Waals surface area contributed by atoms with Crippen LogP contribution < -0.4 is 10.2 Å². The molecule has 2 heterocycles. The molecule has 0 spiro atoms. The molecular weight excluding hydrogens is 501 g/mol. The van der Waals surface area contributed by atoms with Crippen LogP contribution in [-0.2, 0) is 27.3 Å². The summed E-state index contributed by atoms with van der Waals surface area (Å²) in [6, 6.07) is 13.8. The van der Waals surface area contributed by atoms with E-state index in [1.165, 1.54) is 11.9 Å². The van der Waals surface area contributed by atoms with Crippen LogP contribution >= 0.6 is 0 Å². The minimum absolute atomic E-state index is 0.167. The van der Waals surface area contributed by atoms with Gasteiger partial charge in [-0.1, -0.05) is 30.3 Å². The van der Waals surface area contributed by atoms with Gasteiger partial charge in [0.05, 0.1) is 18.9 Å².